The Balaban J connectivity index is 2.60. The van der Waals surface area contributed by atoms with E-state index in [1.807, 2.05) is 0 Å². The van der Waals surface area contributed by atoms with E-state index in [1.54, 1.807) is 24.3 Å². The van der Waals surface area contributed by atoms with E-state index in [0.717, 1.165) is 0 Å². The highest BCUT2D eigenvalue weighted by molar-refractivity contribution is 5.84. The minimum absolute atomic E-state index is 0.260. The van der Waals surface area contributed by atoms with Gasteiger partial charge < -0.3 is 5.21 Å². The molecule has 1 radical (unpaired) electrons. The first kappa shape index (κ1) is 6.78. The van der Waals surface area contributed by atoms with Crippen LogP contribution >= 0.6 is 0 Å². The van der Waals surface area contributed by atoms with E-state index < -0.39 is 0 Å². The molecule has 0 spiro atoms. The van der Waals surface area contributed by atoms with Crippen molar-refractivity contribution in [3.63, 3.8) is 0 Å². The van der Waals surface area contributed by atoms with Gasteiger partial charge in [-0.2, -0.15) is 0 Å². The zero-order valence-corrected chi connectivity index (χ0v) is 6.06. The molecule has 0 bridgehead atoms. The number of nitrogens with one attached hydrogen (secondary N) is 1. The lowest BCUT2D eigenvalue weighted by atomic mass is 10.2. The molecule has 2 rings (SSSR count). The molecule has 1 heterocycles. The largest absolute Gasteiger partial charge is 0.594 e. The Hall–Kier alpha value is -1.91. The van der Waals surface area contributed by atoms with Crippen LogP contribution in [-0.2, 0) is 0 Å². The number of para-hydroxylation sites is 2. The molecule has 0 atom stereocenters. The highest BCUT2D eigenvalue weighted by Gasteiger charge is 2.20. The van der Waals surface area contributed by atoms with Gasteiger partial charge in [-0.3, -0.25) is 5.41 Å². The maximum atomic E-state index is 11.0. The fraction of sp³-hybridized carbons (Fsp3) is 0. The first-order valence-electron chi connectivity index (χ1n) is 3.35. The summed E-state index contributed by atoms with van der Waals surface area (Å²) >= 11 is 0. The van der Waals surface area contributed by atoms with Crippen LogP contribution in [0, 0.1) is 10.6 Å². The SMILES string of the molecule is N=C1[N]c2ccccc2[N+]([O-])=N1. The van der Waals surface area contributed by atoms with Crippen molar-refractivity contribution in [1.82, 2.24) is 5.32 Å². The van der Waals surface area contributed by atoms with E-state index in [1.165, 1.54) is 0 Å². The topological polar surface area (TPSA) is 76.4 Å². The lowest BCUT2D eigenvalue weighted by molar-refractivity contribution is -0.434. The standard InChI is InChI=1S/C7H5N4O/c8-7-9-5-3-1-2-4-6(5)11(12)10-7/h1-4,8H. The van der Waals surface area contributed by atoms with Crippen LogP contribution in [0.4, 0.5) is 11.4 Å². The predicted octanol–water partition coefficient (Wildman–Crippen LogP) is 1.46. The Morgan fingerprint density at radius 1 is 1.33 bits per heavy atom. The molecule has 5 nitrogen and oxygen atoms in total. The molecular formula is C7H5N4O. The molecule has 0 saturated carbocycles. The summed E-state index contributed by atoms with van der Waals surface area (Å²) in [6, 6.07) is 6.77. The monoisotopic (exact) mass is 161 g/mol. The van der Waals surface area contributed by atoms with Crippen LogP contribution in [0.3, 0.4) is 0 Å². The minimum atomic E-state index is -0.260. The van der Waals surface area contributed by atoms with E-state index in [2.05, 4.69) is 10.4 Å². The van der Waals surface area contributed by atoms with Crippen LogP contribution < -0.4 is 5.32 Å². The molecule has 0 fully saturated rings. The van der Waals surface area contributed by atoms with Gasteiger partial charge in [0.15, 0.2) is 0 Å². The molecule has 1 N–H and O–H groups in total. The van der Waals surface area contributed by atoms with E-state index >= 15 is 0 Å². The summed E-state index contributed by atoms with van der Waals surface area (Å²) in [7, 11) is 0. The molecule has 1 aliphatic heterocycles. The quantitative estimate of drug-likeness (QED) is 0.453. The van der Waals surface area contributed by atoms with Gasteiger partial charge in [-0.25, -0.2) is 5.32 Å². The predicted molar refractivity (Wildman–Crippen MR) is 41.7 cm³/mol. The summed E-state index contributed by atoms with van der Waals surface area (Å²) in [5.74, 6) is -0.260. The van der Waals surface area contributed by atoms with Gasteiger partial charge in [0, 0.05) is 6.07 Å². The second-order valence-electron chi connectivity index (χ2n) is 2.30. The van der Waals surface area contributed by atoms with E-state index in [0.29, 0.717) is 16.2 Å². The highest BCUT2D eigenvalue weighted by Crippen LogP contribution is 2.26. The Kier molecular flexibility index (Phi) is 1.30. The lowest BCUT2D eigenvalue weighted by Gasteiger charge is -2.08. The maximum absolute atomic E-state index is 11.0. The summed E-state index contributed by atoms with van der Waals surface area (Å²) in [4.78, 5) is 0.407. The molecular weight excluding hydrogens is 156 g/mol. The van der Waals surface area contributed by atoms with Crippen molar-refractivity contribution in [2.75, 3.05) is 0 Å². The summed E-state index contributed by atoms with van der Waals surface area (Å²) in [6.45, 7) is 0. The number of fused-ring (bicyclic) bond motifs is 1. The maximum Gasteiger partial charge on any atom is 0.309 e. The van der Waals surface area contributed by atoms with Gasteiger partial charge in [-0.1, -0.05) is 12.1 Å². The van der Waals surface area contributed by atoms with E-state index in [9.17, 15) is 5.21 Å². The molecule has 1 aromatic rings. The Morgan fingerprint density at radius 2 is 2.08 bits per heavy atom. The van der Waals surface area contributed by atoms with Crippen LogP contribution in [0.1, 0.15) is 0 Å². The Labute approximate surface area is 68.4 Å². The van der Waals surface area contributed by atoms with Gasteiger partial charge in [0.2, 0.25) is 0 Å². The third-order valence-corrected chi connectivity index (χ3v) is 1.50. The third-order valence-electron chi connectivity index (χ3n) is 1.50. The van der Waals surface area contributed by atoms with Gasteiger partial charge in [-0.05, 0) is 10.9 Å². The molecule has 0 aromatic heterocycles. The highest BCUT2D eigenvalue weighted by atomic mass is 16.5. The van der Waals surface area contributed by atoms with Crippen molar-refractivity contribution >= 4 is 17.3 Å². The minimum Gasteiger partial charge on any atom is -0.594 e. The molecule has 12 heavy (non-hydrogen) atoms. The first-order valence-corrected chi connectivity index (χ1v) is 3.35. The van der Waals surface area contributed by atoms with Gasteiger partial charge in [-0.15, -0.1) is 0 Å². The number of benzene rings is 1. The number of rotatable bonds is 0. The average Bonchev–Trinajstić information content (AvgIpc) is 2.04. The number of nitrogens with zero attached hydrogens (tertiary/aromatic N) is 3. The van der Waals surface area contributed by atoms with Crippen LogP contribution in [0.25, 0.3) is 0 Å². The van der Waals surface area contributed by atoms with E-state index in [-0.39, 0.29) is 5.96 Å². The summed E-state index contributed by atoms with van der Waals surface area (Å²) in [5.41, 5.74) is 0.876. The Morgan fingerprint density at radius 3 is 2.92 bits per heavy atom. The molecule has 0 aliphatic carbocycles. The third kappa shape index (κ3) is 0.914. The van der Waals surface area contributed by atoms with Gasteiger partial charge in [0.05, 0.1) is 5.11 Å². The summed E-state index contributed by atoms with van der Waals surface area (Å²) < 4.78 is 0. The van der Waals surface area contributed by atoms with Crippen molar-refractivity contribution in [3.05, 3.63) is 29.5 Å². The second-order valence-corrected chi connectivity index (χ2v) is 2.30. The number of hydrogen-bond donors (Lipinski definition) is 1. The zero-order valence-electron chi connectivity index (χ0n) is 6.06. The van der Waals surface area contributed by atoms with Gasteiger partial charge >= 0.3 is 5.96 Å². The van der Waals surface area contributed by atoms with E-state index in [4.69, 9.17) is 5.41 Å². The van der Waals surface area contributed by atoms with Crippen LogP contribution in [0.2, 0.25) is 0 Å². The number of azo groups is 1. The summed E-state index contributed by atoms with van der Waals surface area (Å²) in [6.07, 6.45) is 0. The second kappa shape index (κ2) is 2.30. The van der Waals surface area contributed by atoms with Crippen molar-refractivity contribution < 1.29 is 4.86 Å². The number of guanidine groups is 1. The lowest BCUT2D eigenvalue weighted by Crippen LogP contribution is -2.15. The fourth-order valence-electron chi connectivity index (χ4n) is 0.997. The zero-order chi connectivity index (χ0) is 8.55. The summed E-state index contributed by atoms with van der Waals surface area (Å²) in [5, 5.41) is 25.2. The molecule has 1 aromatic carbocycles. The van der Waals surface area contributed by atoms with Crippen molar-refractivity contribution in [2.45, 2.75) is 0 Å². The van der Waals surface area contributed by atoms with Crippen molar-refractivity contribution in [1.29, 1.82) is 5.41 Å². The molecule has 1 aliphatic rings. The molecule has 0 amide bonds. The molecule has 0 saturated heterocycles. The molecule has 59 valence electrons. The molecule has 5 heteroatoms. The van der Waals surface area contributed by atoms with Crippen molar-refractivity contribution in [3.8, 4) is 0 Å². The smallest absolute Gasteiger partial charge is 0.309 e. The number of hydrogen-bond acceptors (Lipinski definition) is 2. The van der Waals surface area contributed by atoms with Gasteiger partial charge in [0.25, 0.3) is 5.69 Å². The van der Waals surface area contributed by atoms with Crippen molar-refractivity contribution in [2.24, 2.45) is 5.11 Å². The van der Waals surface area contributed by atoms with Crippen LogP contribution in [0.15, 0.2) is 29.4 Å². The fourth-order valence-corrected chi connectivity index (χ4v) is 0.997. The Bertz CT molecular complexity index is 371. The first-order chi connectivity index (χ1) is 5.77. The van der Waals surface area contributed by atoms with Crippen LogP contribution in [0.5, 0.6) is 0 Å². The normalized spacial score (nSPS) is 14.7. The molecule has 0 unspecified atom stereocenters. The van der Waals surface area contributed by atoms with Crippen LogP contribution in [-0.4, -0.2) is 10.8 Å². The van der Waals surface area contributed by atoms with Gasteiger partial charge in [0.1, 0.15) is 5.69 Å². The average molecular weight is 161 g/mol.